The summed E-state index contributed by atoms with van der Waals surface area (Å²) in [6, 6.07) is 16.4. The molecule has 2 aromatic carbocycles. The average Bonchev–Trinajstić information content (AvgIpc) is 3.25. The van der Waals surface area contributed by atoms with Crippen LogP contribution in [-0.4, -0.2) is 23.1 Å². The molecule has 4 aromatic rings. The number of fused-ring (bicyclic) bond motifs is 2. The van der Waals surface area contributed by atoms with Crippen molar-refractivity contribution in [3.63, 3.8) is 0 Å². The largest absolute Gasteiger partial charge is 0.435 e. The molecule has 0 amide bonds. The Bertz CT molecular complexity index is 956. The molecule has 2 atom stereocenters. The van der Waals surface area contributed by atoms with E-state index in [1.807, 2.05) is 35.6 Å². The maximum Gasteiger partial charge on any atom is 0.251 e. The first-order chi connectivity index (χ1) is 12.3. The van der Waals surface area contributed by atoms with Crippen LogP contribution in [0.3, 0.4) is 0 Å². The second kappa shape index (κ2) is 6.24. The number of nitrogens with zero attached hydrogens (tertiary/aromatic N) is 2. The molecule has 126 valence electrons. The van der Waals surface area contributed by atoms with E-state index in [0.29, 0.717) is 5.92 Å². The van der Waals surface area contributed by atoms with E-state index < -0.39 is 0 Å². The van der Waals surface area contributed by atoms with Crippen molar-refractivity contribution in [1.29, 1.82) is 0 Å². The van der Waals surface area contributed by atoms with Gasteiger partial charge in [0.1, 0.15) is 10.5 Å². The van der Waals surface area contributed by atoms with Crippen LogP contribution in [0.1, 0.15) is 29.7 Å². The number of rotatable bonds is 3. The first kappa shape index (κ1) is 15.0. The minimum atomic E-state index is 0.547. The fourth-order valence-electron chi connectivity index (χ4n) is 3.80. The Kier molecular flexibility index (Phi) is 3.76. The van der Waals surface area contributed by atoms with E-state index in [4.69, 9.17) is 9.40 Å². The third-order valence-corrected chi connectivity index (χ3v) is 6.22. The van der Waals surface area contributed by atoms with E-state index >= 15 is 0 Å². The second-order valence-corrected chi connectivity index (χ2v) is 7.88. The molecule has 1 aliphatic rings. The molecular formula is C20H20N3OS+. The molecule has 1 fully saturated rings. The molecule has 0 saturated carbocycles. The SMILES string of the molecule is c1ccc2oc(C[NH+]3CCC[C@H](c4nc5ccccc5s4)C3)nc2c1. The van der Waals surface area contributed by atoms with Gasteiger partial charge in [0.05, 0.1) is 29.2 Å². The lowest BCUT2D eigenvalue weighted by Gasteiger charge is -2.27. The van der Waals surface area contributed by atoms with Crippen LogP contribution in [0.5, 0.6) is 0 Å². The summed E-state index contributed by atoms with van der Waals surface area (Å²) in [4.78, 5) is 11.1. The van der Waals surface area contributed by atoms with E-state index in [2.05, 4.69) is 29.2 Å². The molecule has 0 bridgehead atoms. The maximum absolute atomic E-state index is 5.91. The first-order valence-corrected chi connectivity index (χ1v) is 9.70. The van der Waals surface area contributed by atoms with Crippen LogP contribution in [0.25, 0.3) is 21.3 Å². The van der Waals surface area contributed by atoms with Crippen molar-refractivity contribution in [2.45, 2.75) is 25.3 Å². The zero-order valence-electron chi connectivity index (χ0n) is 13.9. The van der Waals surface area contributed by atoms with E-state index in [1.165, 1.54) is 29.1 Å². The summed E-state index contributed by atoms with van der Waals surface area (Å²) < 4.78 is 7.21. The van der Waals surface area contributed by atoms with Gasteiger partial charge in [0.25, 0.3) is 5.89 Å². The van der Waals surface area contributed by atoms with Gasteiger partial charge in [-0.25, -0.2) is 9.97 Å². The van der Waals surface area contributed by atoms with Gasteiger partial charge in [-0.05, 0) is 37.1 Å². The van der Waals surface area contributed by atoms with E-state index in [-0.39, 0.29) is 0 Å². The van der Waals surface area contributed by atoms with Gasteiger partial charge in [0.2, 0.25) is 0 Å². The Morgan fingerprint density at radius 2 is 1.88 bits per heavy atom. The van der Waals surface area contributed by atoms with Gasteiger partial charge in [0, 0.05) is 0 Å². The van der Waals surface area contributed by atoms with Crippen molar-refractivity contribution in [2.75, 3.05) is 13.1 Å². The van der Waals surface area contributed by atoms with Crippen molar-refractivity contribution >= 4 is 32.7 Å². The number of quaternary nitrogens is 1. The summed E-state index contributed by atoms with van der Waals surface area (Å²) in [6.45, 7) is 3.15. The van der Waals surface area contributed by atoms with Crippen LogP contribution in [0.15, 0.2) is 52.9 Å². The summed E-state index contributed by atoms with van der Waals surface area (Å²) in [5, 5.41) is 1.29. The van der Waals surface area contributed by atoms with Gasteiger partial charge in [0.15, 0.2) is 12.1 Å². The molecule has 4 nitrogen and oxygen atoms in total. The Balaban J connectivity index is 1.35. The number of benzene rings is 2. The summed E-state index contributed by atoms with van der Waals surface area (Å²) >= 11 is 1.85. The molecule has 0 radical (unpaired) electrons. The number of piperidine rings is 1. The van der Waals surface area contributed by atoms with Gasteiger partial charge >= 0.3 is 0 Å². The van der Waals surface area contributed by atoms with E-state index in [9.17, 15) is 0 Å². The smallest absolute Gasteiger partial charge is 0.251 e. The third-order valence-electron chi connectivity index (χ3n) is 5.02. The average molecular weight is 350 g/mol. The van der Waals surface area contributed by atoms with Crippen molar-refractivity contribution in [3.8, 4) is 0 Å². The highest BCUT2D eigenvalue weighted by Crippen LogP contribution is 2.30. The minimum absolute atomic E-state index is 0.547. The Morgan fingerprint density at radius 3 is 2.76 bits per heavy atom. The molecular weight excluding hydrogens is 330 g/mol. The number of aromatic nitrogens is 2. The van der Waals surface area contributed by atoms with Crippen molar-refractivity contribution in [3.05, 3.63) is 59.4 Å². The molecule has 25 heavy (non-hydrogen) atoms. The molecule has 1 saturated heterocycles. The normalized spacial score (nSPS) is 21.1. The quantitative estimate of drug-likeness (QED) is 0.616. The predicted octanol–water partition coefficient (Wildman–Crippen LogP) is 3.40. The lowest BCUT2D eigenvalue weighted by molar-refractivity contribution is -0.921. The highest BCUT2D eigenvalue weighted by molar-refractivity contribution is 7.18. The van der Waals surface area contributed by atoms with Gasteiger partial charge < -0.3 is 9.32 Å². The molecule has 1 aliphatic heterocycles. The third kappa shape index (κ3) is 2.94. The summed E-state index contributed by atoms with van der Waals surface area (Å²) in [6.07, 6.45) is 2.47. The monoisotopic (exact) mass is 350 g/mol. The van der Waals surface area contributed by atoms with Gasteiger partial charge in [-0.15, -0.1) is 11.3 Å². The molecule has 0 spiro atoms. The molecule has 1 N–H and O–H groups in total. The summed E-state index contributed by atoms with van der Waals surface area (Å²) in [5.74, 6) is 1.40. The van der Waals surface area contributed by atoms with Gasteiger partial charge in [-0.1, -0.05) is 24.3 Å². The van der Waals surface area contributed by atoms with Crippen LogP contribution >= 0.6 is 11.3 Å². The zero-order valence-corrected chi connectivity index (χ0v) is 14.8. The number of oxazole rings is 1. The number of hydrogen-bond acceptors (Lipinski definition) is 4. The maximum atomic E-state index is 5.91. The Hall–Kier alpha value is -2.24. The van der Waals surface area contributed by atoms with Crippen LogP contribution < -0.4 is 4.90 Å². The molecule has 5 heteroatoms. The zero-order chi connectivity index (χ0) is 16.6. The van der Waals surface area contributed by atoms with Crippen molar-refractivity contribution < 1.29 is 9.32 Å². The van der Waals surface area contributed by atoms with E-state index in [1.54, 1.807) is 4.90 Å². The fourth-order valence-corrected chi connectivity index (χ4v) is 4.90. The summed E-state index contributed by atoms with van der Waals surface area (Å²) in [5.41, 5.74) is 2.97. The number of hydrogen-bond donors (Lipinski definition) is 1. The molecule has 1 unspecified atom stereocenters. The Morgan fingerprint density at radius 1 is 1.04 bits per heavy atom. The highest BCUT2D eigenvalue weighted by Gasteiger charge is 2.28. The van der Waals surface area contributed by atoms with Crippen LogP contribution in [0.2, 0.25) is 0 Å². The van der Waals surface area contributed by atoms with Crippen molar-refractivity contribution in [1.82, 2.24) is 9.97 Å². The van der Waals surface area contributed by atoms with Crippen LogP contribution in [0.4, 0.5) is 0 Å². The Labute approximate surface area is 150 Å². The van der Waals surface area contributed by atoms with Crippen LogP contribution in [0, 0.1) is 0 Å². The second-order valence-electron chi connectivity index (χ2n) is 6.82. The summed E-state index contributed by atoms with van der Waals surface area (Å²) in [7, 11) is 0. The lowest BCUT2D eigenvalue weighted by atomic mass is 9.99. The molecule has 3 heterocycles. The number of para-hydroxylation sites is 3. The van der Waals surface area contributed by atoms with Crippen LogP contribution in [-0.2, 0) is 6.54 Å². The van der Waals surface area contributed by atoms with Gasteiger partial charge in [-0.2, -0.15) is 0 Å². The van der Waals surface area contributed by atoms with Gasteiger partial charge in [-0.3, -0.25) is 0 Å². The predicted molar refractivity (Wildman–Crippen MR) is 100 cm³/mol. The minimum Gasteiger partial charge on any atom is -0.435 e. The number of nitrogens with one attached hydrogen (secondary N) is 1. The number of thiazole rings is 1. The lowest BCUT2D eigenvalue weighted by Crippen LogP contribution is -3.12. The van der Waals surface area contributed by atoms with Crippen molar-refractivity contribution in [2.24, 2.45) is 0 Å². The first-order valence-electron chi connectivity index (χ1n) is 8.89. The standard InChI is InChI=1S/C20H19N3OS/c1-3-9-17-15(7-1)21-19(24-17)13-23-11-5-6-14(12-23)20-22-16-8-2-4-10-18(16)25-20/h1-4,7-10,14H,5-6,11-13H2/p+1/t14-/m0/s1. The topological polar surface area (TPSA) is 43.4 Å². The number of likely N-dealkylation sites (tertiary alicyclic amines) is 1. The van der Waals surface area contributed by atoms with E-state index in [0.717, 1.165) is 35.6 Å². The molecule has 0 aliphatic carbocycles. The fraction of sp³-hybridized carbons (Fsp3) is 0.300. The molecule has 2 aromatic heterocycles. The molecule has 5 rings (SSSR count). The highest BCUT2D eigenvalue weighted by atomic mass is 32.1.